The van der Waals surface area contributed by atoms with Crippen LogP contribution in [0.2, 0.25) is 5.02 Å². The number of morpholine rings is 1. The van der Waals surface area contributed by atoms with Gasteiger partial charge < -0.3 is 19.8 Å². The highest BCUT2D eigenvalue weighted by molar-refractivity contribution is 6.31. The highest BCUT2D eigenvalue weighted by Crippen LogP contribution is 2.27. The van der Waals surface area contributed by atoms with Crippen LogP contribution in [0.15, 0.2) is 47.1 Å². The molecule has 1 fully saturated rings. The van der Waals surface area contributed by atoms with E-state index in [4.69, 9.17) is 20.8 Å². The number of nitrogens with zero attached hydrogens (tertiary/aromatic N) is 1. The number of hydrogen-bond donors (Lipinski definition) is 2. The lowest BCUT2D eigenvalue weighted by Crippen LogP contribution is -2.44. The van der Waals surface area contributed by atoms with Gasteiger partial charge in [0.2, 0.25) is 5.91 Å². The molecule has 1 aromatic heterocycles. The van der Waals surface area contributed by atoms with Gasteiger partial charge in [0.05, 0.1) is 25.5 Å². The zero-order chi connectivity index (χ0) is 19.8. The van der Waals surface area contributed by atoms with Crippen LogP contribution in [0.25, 0.3) is 0 Å². The Morgan fingerprint density at radius 1 is 1.11 bits per heavy atom. The summed E-state index contributed by atoms with van der Waals surface area (Å²) in [5.41, 5.74) is 0.984. The van der Waals surface area contributed by atoms with E-state index >= 15 is 0 Å². The Morgan fingerprint density at radius 3 is 2.61 bits per heavy atom. The summed E-state index contributed by atoms with van der Waals surface area (Å²) < 4.78 is 10.5. The number of carbonyl (C=O) groups excluding carboxylic acids is 2. The second-order valence-corrected chi connectivity index (χ2v) is 6.88. The standard InChI is InChI=1S/C20H24ClN3O4/c21-16-5-2-1-4-15(16)17(24-9-12-27-13-10-24)14-23-19(25)7-8-22-20(26)18-6-3-11-28-18/h1-6,11,17H,7-10,12-14H2,(H,22,26)(H,23,25)/t17-/m0/s1. The Balaban J connectivity index is 1.52. The van der Waals surface area contributed by atoms with Gasteiger partial charge in [-0.3, -0.25) is 14.5 Å². The number of benzene rings is 1. The molecule has 2 amide bonds. The molecule has 1 saturated heterocycles. The van der Waals surface area contributed by atoms with Crippen LogP contribution in [0, 0.1) is 0 Å². The molecule has 2 aromatic rings. The third kappa shape index (κ3) is 5.58. The van der Waals surface area contributed by atoms with Gasteiger partial charge in [-0.2, -0.15) is 0 Å². The quantitative estimate of drug-likeness (QED) is 0.703. The van der Waals surface area contributed by atoms with E-state index in [1.807, 2.05) is 24.3 Å². The Labute approximate surface area is 169 Å². The normalized spacial score (nSPS) is 15.8. The summed E-state index contributed by atoms with van der Waals surface area (Å²) >= 11 is 6.39. The second kappa shape index (κ2) is 10.3. The van der Waals surface area contributed by atoms with Crippen molar-refractivity contribution in [3.8, 4) is 0 Å². The largest absolute Gasteiger partial charge is 0.459 e. The molecule has 28 heavy (non-hydrogen) atoms. The predicted octanol–water partition coefficient (Wildman–Crippen LogP) is 2.24. The van der Waals surface area contributed by atoms with Crippen molar-refractivity contribution in [2.75, 3.05) is 39.4 Å². The van der Waals surface area contributed by atoms with Crippen molar-refractivity contribution in [2.24, 2.45) is 0 Å². The van der Waals surface area contributed by atoms with Gasteiger partial charge in [-0.15, -0.1) is 0 Å². The van der Waals surface area contributed by atoms with Gasteiger partial charge in [-0.25, -0.2) is 0 Å². The topological polar surface area (TPSA) is 83.8 Å². The zero-order valence-corrected chi connectivity index (χ0v) is 16.3. The highest BCUT2D eigenvalue weighted by atomic mass is 35.5. The van der Waals surface area contributed by atoms with E-state index in [-0.39, 0.29) is 36.6 Å². The summed E-state index contributed by atoms with van der Waals surface area (Å²) in [6, 6.07) is 10.9. The summed E-state index contributed by atoms with van der Waals surface area (Å²) in [4.78, 5) is 26.3. The third-order valence-corrected chi connectivity index (χ3v) is 4.97. The van der Waals surface area contributed by atoms with Crippen molar-refractivity contribution in [3.63, 3.8) is 0 Å². The fourth-order valence-corrected chi connectivity index (χ4v) is 3.42. The van der Waals surface area contributed by atoms with Gasteiger partial charge in [-0.05, 0) is 23.8 Å². The number of carbonyl (C=O) groups is 2. The monoisotopic (exact) mass is 405 g/mol. The summed E-state index contributed by atoms with van der Waals surface area (Å²) in [7, 11) is 0. The minimum atomic E-state index is -0.333. The molecule has 2 N–H and O–H groups in total. The van der Waals surface area contributed by atoms with Crippen molar-refractivity contribution >= 4 is 23.4 Å². The fraction of sp³-hybridized carbons (Fsp3) is 0.400. The van der Waals surface area contributed by atoms with Gasteiger partial charge in [0.15, 0.2) is 5.76 Å². The summed E-state index contributed by atoms with van der Waals surface area (Å²) in [6.07, 6.45) is 1.62. The molecule has 0 bridgehead atoms. The Morgan fingerprint density at radius 2 is 1.89 bits per heavy atom. The van der Waals surface area contributed by atoms with Crippen LogP contribution in [0.1, 0.15) is 28.6 Å². The zero-order valence-electron chi connectivity index (χ0n) is 15.5. The number of hydrogen-bond acceptors (Lipinski definition) is 5. The number of ether oxygens (including phenoxy) is 1. The maximum absolute atomic E-state index is 12.3. The molecular weight excluding hydrogens is 382 g/mol. The molecule has 8 heteroatoms. The first-order valence-electron chi connectivity index (χ1n) is 9.30. The third-order valence-electron chi connectivity index (χ3n) is 4.63. The van der Waals surface area contributed by atoms with E-state index in [9.17, 15) is 9.59 Å². The van der Waals surface area contributed by atoms with Gasteiger partial charge in [0.25, 0.3) is 5.91 Å². The maximum atomic E-state index is 12.3. The number of furan rings is 1. The number of halogens is 1. The molecule has 0 saturated carbocycles. The molecule has 150 valence electrons. The molecule has 1 aromatic carbocycles. The maximum Gasteiger partial charge on any atom is 0.286 e. The summed E-state index contributed by atoms with van der Waals surface area (Å²) in [6.45, 7) is 3.56. The smallest absolute Gasteiger partial charge is 0.286 e. The van der Waals surface area contributed by atoms with Crippen molar-refractivity contribution in [2.45, 2.75) is 12.5 Å². The summed E-state index contributed by atoms with van der Waals surface area (Å²) in [5, 5.41) is 6.31. The first kappa shape index (κ1) is 20.4. The van der Waals surface area contributed by atoms with E-state index in [1.54, 1.807) is 12.1 Å². The molecule has 0 radical (unpaired) electrons. The molecule has 0 unspecified atom stereocenters. The van der Waals surface area contributed by atoms with Crippen molar-refractivity contribution in [3.05, 3.63) is 59.0 Å². The lowest BCUT2D eigenvalue weighted by molar-refractivity contribution is -0.121. The van der Waals surface area contributed by atoms with Gasteiger partial charge in [0, 0.05) is 37.6 Å². The summed E-state index contributed by atoms with van der Waals surface area (Å²) in [5.74, 6) is -0.239. The lowest BCUT2D eigenvalue weighted by atomic mass is 10.0. The van der Waals surface area contributed by atoms with E-state index < -0.39 is 0 Å². The van der Waals surface area contributed by atoms with Crippen molar-refractivity contribution in [1.29, 1.82) is 0 Å². The lowest BCUT2D eigenvalue weighted by Gasteiger charge is -2.35. The minimum Gasteiger partial charge on any atom is -0.459 e. The molecule has 1 aliphatic heterocycles. The molecule has 3 rings (SSSR count). The number of rotatable bonds is 8. The van der Waals surface area contributed by atoms with Crippen LogP contribution in [0.4, 0.5) is 0 Å². The molecule has 2 heterocycles. The van der Waals surface area contributed by atoms with Gasteiger partial charge in [-0.1, -0.05) is 29.8 Å². The molecule has 1 aliphatic rings. The van der Waals surface area contributed by atoms with Crippen LogP contribution >= 0.6 is 11.6 Å². The van der Waals surface area contributed by atoms with Crippen molar-refractivity contribution in [1.82, 2.24) is 15.5 Å². The average Bonchev–Trinajstić information content (AvgIpc) is 3.25. The van der Waals surface area contributed by atoms with E-state index in [0.29, 0.717) is 24.8 Å². The Hall–Kier alpha value is -2.35. The Bertz CT molecular complexity index is 776. The van der Waals surface area contributed by atoms with Crippen LogP contribution < -0.4 is 10.6 Å². The minimum absolute atomic E-state index is 0.0285. The van der Waals surface area contributed by atoms with Gasteiger partial charge >= 0.3 is 0 Å². The van der Waals surface area contributed by atoms with Crippen LogP contribution in [0.5, 0.6) is 0 Å². The first-order valence-corrected chi connectivity index (χ1v) is 9.67. The Kier molecular flexibility index (Phi) is 7.47. The van der Waals surface area contributed by atoms with Crippen LogP contribution in [-0.4, -0.2) is 56.1 Å². The molecule has 0 spiro atoms. The molecule has 1 atom stereocenters. The SMILES string of the molecule is O=C(CCNC(=O)c1ccco1)NC[C@@H](c1ccccc1Cl)N1CCOCC1. The number of amides is 2. The van der Waals surface area contributed by atoms with E-state index in [1.165, 1.54) is 6.26 Å². The predicted molar refractivity (Wildman–Crippen MR) is 105 cm³/mol. The first-order chi connectivity index (χ1) is 13.6. The highest BCUT2D eigenvalue weighted by Gasteiger charge is 2.24. The second-order valence-electron chi connectivity index (χ2n) is 6.47. The molecule has 0 aliphatic carbocycles. The van der Waals surface area contributed by atoms with E-state index in [2.05, 4.69) is 15.5 Å². The average molecular weight is 406 g/mol. The van der Waals surface area contributed by atoms with Gasteiger partial charge in [0.1, 0.15) is 0 Å². The van der Waals surface area contributed by atoms with Crippen LogP contribution in [-0.2, 0) is 9.53 Å². The van der Waals surface area contributed by atoms with Crippen LogP contribution in [0.3, 0.4) is 0 Å². The number of nitrogens with one attached hydrogen (secondary N) is 2. The molecular formula is C20H24ClN3O4. The van der Waals surface area contributed by atoms with Crippen molar-refractivity contribution < 1.29 is 18.7 Å². The fourth-order valence-electron chi connectivity index (χ4n) is 3.15. The van der Waals surface area contributed by atoms with E-state index in [0.717, 1.165) is 18.7 Å². The molecule has 7 nitrogen and oxygen atoms in total.